The molecule has 0 N–H and O–H groups in total. The summed E-state index contributed by atoms with van der Waals surface area (Å²) in [7, 11) is 3.35. The van der Waals surface area contributed by atoms with E-state index in [1.165, 1.54) is 4.80 Å². The minimum atomic E-state index is 0.467. The van der Waals surface area contributed by atoms with E-state index in [1.54, 1.807) is 26.4 Å². The van der Waals surface area contributed by atoms with E-state index in [2.05, 4.69) is 20.4 Å². The Morgan fingerprint density at radius 2 is 1.82 bits per heavy atom. The van der Waals surface area contributed by atoms with Gasteiger partial charge in [-0.05, 0) is 35.0 Å². The van der Waals surface area contributed by atoms with Crippen LogP contribution in [0.1, 0.15) is 5.56 Å². The maximum Gasteiger partial charge on any atom is 0.223 e. The molecule has 1 aromatic carbocycles. The molecule has 0 radical (unpaired) electrons. The van der Waals surface area contributed by atoms with Gasteiger partial charge in [0.25, 0.3) is 0 Å². The summed E-state index contributed by atoms with van der Waals surface area (Å²) in [6, 6.07) is 11.4. The molecular weight excluding hydrogens is 282 g/mol. The predicted molar refractivity (Wildman–Crippen MR) is 79.4 cm³/mol. The molecule has 112 valence electrons. The van der Waals surface area contributed by atoms with Crippen LogP contribution in [0.4, 0.5) is 0 Å². The molecule has 0 bridgehead atoms. The summed E-state index contributed by atoms with van der Waals surface area (Å²) in [6.45, 7) is 0.467. The highest BCUT2D eigenvalue weighted by molar-refractivity contribution is 5.48. The standard InChI is InChI=1S/C15H15N5O2/c1-20-18-15(17-19-20)14-8-7-13(9-16-14)22-10-11-3-5-12(21-2)6-4-11/h3-9H,10H2,1-2H3. The van der Waals surface area contributed by atoms with Gasteiger partial charge in [0.2, 0.25) is 5.82 Å². The van der Waals surface area contributed by atoms with Gasteiger partial charge in [-0.1, -0.05) is 12.1 Å². The van der Waals surface area contributed by atoms with Gasteiger partial charge in [0.05, 0.1) is 20.4 Å². The summed E-state index contributed by atoms with van der Waals surface area (Å²) in [5.41, 5.74) is 1.71. The van der Waals surface area contributed by atoms with Crippen LogP contribution in [0.15, 0.2) is 42.6 Å². The largest absolute Gasteiger partial charge is 0.497 e. The first-order valence-corrected chi connectivity index (χ1v) is 6.71. The average Bonchev–Trinajstić information content (AvgIpc) is 3.00. The van der Waals surface area contributed by atoms with Gasteiger partial charge < -0.3 is 9.47 Å². The Balaban J connectivity index is 1.63. The average molecular weight is 297 g/mol. The fourth-order valence-corrected chi connectivity index (χ4v) is 1.87. The molecule has 22 heavy (non-hydrogen) atoms. The quantitative estimate of drug-likeness (QED) is 0.715. The summed E-state index contributed by atoms with van der Waals surface area (Å²) in [5.74, 6) is 2.00. The molecule has 0 atom stereocenters. The number of methoxy groups -OCH3 is 1. The van der Waals surface area contributed by atoms with Crippen molar-refractivity contribution in [3.8, 4) is 23.0 Å². The molecule has 3 aromatic rings. The van der Waals surface area contributed by atoms with E-state index in [0.29, 0.717) is 23.9 Å². The van der Waals surface area contributed by atoms with Crippen LogP contribution >= 0.6 is 0 Å². The van der Waals surface area contributed by atoms with Gasteiger partial charge in [-0.3, -0.25) is 0 Å². The molecule has 7 nitrogen and oxygen atoms in total. The lowest BCUT2D eigenvalue weighted by atomic mass is 10.2. The van der Waals surface area contributed by atoms with Gasteiger partial charge in [0, 0.05) is 0 Å². The summed E-state index contributed by atoms with van der Waals surface area (Å²) in [6.07, 6.45) is 1.65. The Morgan fingerprint density at radius 3 is 2.41 bits per heavy atom. The second kappa shape index (κ2) is 6.21. The molecule has 3 rings (SSSR count). The lowest BCUT2D eigenvalue weighted by molar-refractivity contribution is 0.305. The van der Waals surface area contributed by atoms with Gasteiger partial charge in [-0.15, -0.1) is 10.2 Å². The summed E-state index contributed by atoms with van der Waals surface area (Å²) < 4.78 is 10.8. The van der Waals surface area contributed by atoms with Crippen LogP contribution in [-0.4, -0.2) is 32.3 Å². The number of hydrogen-bond donors (Lipinski definition) is 0. The van der Waals surface area contributed by atoms with Crippen LogP contribution in [0.3, 0.4) is 0 Å². The molecule has 0 spiro atoms. The summed E-state index contributed by atoms with van der Waals surface area (Å²) >= 11 is 0. The topological polar surface area (TPSA) is 75.0 Å². The highest BCUT2D eigenvalue weighted by Crippen LogP contribution is 2.17. The van der Waals surface area contributed by atoms with E-state index in [-0.39, 0.29) is 0 Å². The Bertz CT molecular complexity index is 737. The number of aryl methyl sites for hydroxylation is 1. The Hall–Kier alpha value is -2.96. The third kappa shape index (κ3) is 3.20. The van der Waals surface area contributed by atoms with E-state index in [1.807, 2.05) is 30.3 Å². The molecule has 0 saturated carbocycles. The van der Waals surface area contributed by atoms with Crippen LogP contribution in [0, 0.1) is 0 Å². The number of tetrazole rings is 1. The second-order valence-corrected chi connectivity index (χ2v) is 4.62. The van der Waals surface area contributed by atoms with E-state index in [9.17, 15) is 0 Å². The molecule has 2 heterocycles. The number of hydrogen-bond acceptors (Lipinski definition) is 6. The maximum absolute atomic E-state index is 5.70. The normalized spacial score (nSPS) is 10.5. The molecule has 0 amide bonds. The van der Waals surface area contributed by atoms with E-state index in [0.717, 1.165) is 11.3 Å². The van der Waals surface area contributed by atoms with Crippen molar-refractivity contribution in [1.82, 2.24) is 25.2 Å². The van der Waals surface area contributed by atoms with Gasteiger partial charge >= 0.3 is 0 Å². The molecule has 0 aliphatic heterocycles. The number of rotatable bonds is 5. The zero-order valence-electron chi connectivity index (χ0n) is 12.3. The van der Waals surface area contributed by atoms with E-state index in [4.69, 9.17) is 9.47 Å². The highest BCUT2D eigenvalue weighted by atomic mass is 16.5. The van der Waals surface area contributed by atoms with Crippen LogP contribution in [-0.2, 0) is 13.7 Å². The zero-order chi connectivity index (χ0) is 15.4. The Kier molecular flexibility index (Phi) is 3.95. The van der Waals surface area contributed by atoms with Gasteiger partial charge in [0.1, 0.15) is 23.8 Å². The highest BCUT2D eigenvalue weighted by Gasteiger charge is 2.06. The number of benzene rings is 1. The lowest BCUT2D eigenvalue weighted by Gasteiger charge is -2.07. The molecular formula is C15H15N5O2. The summed E-state index contributed by atoms with van der Waals surface area (Å²) in [4.78, 5) is 5.67. The number of nitrogens with zero attached hydrogens (tertiary/aromatic N) is 5. The van der Waals surface area contributed by atoms with Crippen LogP contribution < -0.4 is 9.47 Å². The fraction of sp³-hybridized carbons (Fsp3) is 0.200. The zero-order valence-corrected chi connectivity index (χ0v) is 12.3. The number of ether oxygens (including phenoxy) is 2. The second-order valence-electron chi connectivity index (χ2n) is 4.62. The molecule has 0 unspecified atom stereocenters. The fourth-order valence-electron chi connectivity index (χ4n) is 1.87. The third-order valence-electron chi connectivity index (χ3n) is 3.04. The monoisotopic (exact) mass is 297 g/mol. The van der Waals surface area contributed by atoms with Crippen LogP contribution in [0.2, 0.25) is 0 Å². The predicted octanol–water partition coefficient (Wildman–Crippen LogP) is 1.86. The van der Waals surface area contributed by atoms with Gasteiger partial charge in [-0.2, -0.15) is 4.80 Å². The minimum Gasteiger partial charge on any atom is -0.497 e. The minimum absolute atomic E-state index is 0.467. The van der Waals surface area contributed by atoms with Crippen molar-refractivity contribution in [3.05, 3.63) is 48.2 Å². The molecule has 0 fully saturated rings. The van der Waals surface area contributed by atoms with E-state index >= 15 is 0 Å². The van der Waals surface area contributed by atoms with Crippen LogP contribution in [0.25, 0.3) is 11.5 Å². The third-order valence-corrected chi connectivity index (χ3v) is 3.04. The summed E-state index contributed by atoms with van der Waals surface area (Å²) in [5, 5.41) is 11.8. The van der Waals surface area contributed by atoms with Crippen molar-refractivity contribution in [2.24, 2.45) is 7.05 Å². The molecule has 7 heteroatoms. The molecule has 0 saturated heterocycles. The van der Waals surface area contributed by atoms with Crippen molar-refractivity contribution >= 4 is 0 Å². The van der Waals surface area contributed by atoms with Crippen molar-refractivity contribution in [1.29, 1.82) is 0 Å². The molecule has 0 aliphatic rings. The van der Waals surface area contributed by atoms with Gasteiger partial charge in [0.15, 0.2) is 0 Å². The Labute approximate surface area is 127 Å². The molecule has 0 aliphatic carbocycles. The van der Waals surface area contributed by atoms with Crippen molar-refractivity contribution in [2.45, 2.75) is 6.61 Å². The smallest absolute Gasteiger partial charge is 0.223 e. The number of pyridine rings is 1. The Morgan fingerprint density at radius 1 is 1.05 bits per heavy atom. The first-order chi connectivity index (χ1) is 10.7. The first-order valence-electron chi connectivity index (χ1n) is 6.71. The first kappa shape index (κ1) is 14.0. The van der Waals surface area contributed by atoms with Gasteiger partial charge in [-0.25, -0.2) is 4.98 Å². The van der Waals surface area contributed by atoms with Crippen molar-refractivity contribution in [3.63, 3.8) is 0 Å². The number of aromatic nitrogens is 5. The van der Waals surface area contributed by atoms with Crippen molar-refractivity contribution in [2.75, 3.05) is 7.11 Å². The van der Waals surface area contributed by atoms with Crippen molar-refractivity contribution < 1.29 is 9.47 Å². The maximum atomic E-state index is 5.70. The SMILES string of the molecule is COc1ccc(COc2ccc(-c3nnn(C)n3)nc2)cc1. The van der Waals surface area contributed by atoms with Crippen LogP contribution in [0.5, 0.6) is 11.5 Å². The van der Waals surface area contributed by atoms with E-state index < -0.39 is 0 Å². The lowest BCUT2D eigenvalue weighted by Crippen LogP contribution is -1.96. The molecule has 2 aromatic heterocycles.